The van der Waals surface area contributed by atoms with Crippen molar-refractivity contribution in [3.05, 3.63) is 65.3 Å². The lowest BCUT2D eigenvalue weighted by Crippen LogP contribution is -2.35. The predicted octanol–water partition coefficient (Wildman–Crippen LogP) is 5.46. The second-order valence-corrected chi connectivity index (χ2v) is 7.18. The predicted molar refractivity (Wildman–Crippen MR) is 96.9 cm³/mol. The number of rotatable bonds is 3. The van der Waals surface area contributed by atoms with Crippen LogP contribution < -0.4 is 5.32 Å². The molecule has 2 aromatic carbocycles. The molecule has 0 aliphatic heterocycles. The summed E-state index contributed by atoms with van der Waals surface area (Å²) in [6.07, 6.45) is 5.55. The van der Waals surface area contributed by atoms with Crippen molar-refractivity contribution in [1.82, 2.24) is 5.32 Å². The van der Waals surface area contributed by atoms with Crippen molar-refractivity contribution in [1.29, 1.82) is 0 Å². The summed E-state index contributed by atoms with van der Waals surface area (Å²) < 4.78 is 0. The first kappa shape index (κ1) is 15.1. The molecule has 0 atom stereocenters. The smallest absolute Gasteiger partial charge is 0.0222 e. The molecule has 2 aromatic rings. The minimum atomic E-state index is 0.117. The maximum absolute atomic E-state index is 3.67. The molecule has 0 heterocycles. The lowest BCUT2D eigenvalue weighted by molar-refractivity contribution is 0.425. The maximum Gasteiger partial charge on any atom is 0.0222 e. The summed E-state index contributed by atoms with van der Waals surface area (Å²) in [5.74, 6) is 0. The molecule has 0 fully saturated rings. The largest absolute Gasteiger partial charge is 0.308 e. The van der Waals surface area contributed by atoms with E-state index in [0.717, 1.165) is 13.0 Å². The minimum Gasteiger partial charge on any atom is -0.308 e. The van der Waals surface area contributed by atoms with Crippen LogP contribution in [0.25, 0.3) is 16.3 Å². The molecule has 0 bridgehead atoms. The van der Waals surface area contributed by atoms with E-state index < -0.39 is 0 Å². The lowest BCUT2D eigenvalue weighted by Gasteiger charge is -2.23. The molecule has 22 heavy (non-hydrogen) atoms. The van der Waals surface area contributed by atoms with Gasteiger partial charge in [0.05, 0.1) is 0 Å². The first-order valence-electron chi connectivity index (χ1n) is 8.08. The first-order valence-corrected chi connectivity index (χ1v) is 8.08. The van der Waals surface area contributed by atoms with Crippen LogP contribution in [0.1, 0.15) is 45.2 Å². The molecule has 0 radical (unpaired) electrons. The highest BCUT2D eigenvalue weighted by molar-refractivity contribution is 5.91. The van der Waals surface area contributed by atoms with Crippen LogP contribution in [0.2, 0.25) is 0 Å². The highest BCUT2D eigenvalue weighted by Crippen LogP contribution is 2.34. The van der Waals surface area contributed by atoms with Gasteiger partial charge in [-0.1, -0.05) is 48.6 Å². The van der Waals surface area contributed by atoms with Crippen molar-refractivity contribution in [3.8, 4) is 0 Å². The molecular formula is C21H25N. The summed E-state index contributed by atoms with van der Waals surface area (Å²) in [6, 6.07) is 13.3. The van der Waals surface area contributed by atoms with Gasteiger partial charge in [0.25, 0.3) is 0 Å². The third-order valence-corrected chi connectivity index (χ3v) is 4.33. The minimum absolute atomic E-state index is 0.117. The van der Waals surface area contributed by atoms with Crippen molar-refractivity contribution in [2.45, 2.75) is 46.2 Å². The van der Waals surface area contributed by atoms with E-state index in [9.17, 15) is 0 Å². The van der Waals surface area contributed by atoms with Gasteiger partial charge in [-0.05, 0) is 67.2 Å². The van der Waals surface area contributed by atoms with Crippen molar-refractivity contribution >= 4 is 16.3 Å². The average Bonchev–Trinajstić information content (AvgIpc) is 2.89. The summed E-state index contributed by atoms with van der Waals surface area (Å²) in [7, 11) is 0. The summed E-state index contributed by atoms with van der Waals surface area (Å²) in [5, 5.41) is 6.35. The van der Waals surface area contributed by atoms with Gasteiger partial charge in [0.1, 0.15) is 0 Å². The van der Waals surface area contributed by atoms with Crippen LogP contribution in [0.15, 0.2) is 54.1 Å². The third-order valence-electron chi connectivity index (χ3n) is 4.33. The number of nitrogens with one attached hydrogen (secondary N) is 1. The van der Waals surface area contributed by atoms with Gasteiger partial charge in [-0.2, -0.15) is 0 Å². The Balaban J connectivity index is 2.13. The highest BCUT2D eigenvalue weighted by atomic mass is 14.9. The van der Waals surface area contributed by atoms with Gasteiger partial charge in [-0.25, -0.2) is 0 Å². The number of hydrogen-bond acceptors (Lipinski definition) is 1. The van der Waals surface area contributed by atoms with Crippen molar-refractivity contribution in [3.63, 3.8) is 0 Å². The molecule has 0 spiro atoms. The van der Waals surface area contributed by atoms with Crippen molar-refractivity contribution in [2.24, 2.45) is 0 Å². The molecule has 1 aliphatic carbocycles. The molecule has 1 N–H and O–H groups in total. The van der Waals surface area contributed by atoms with Crippen LogP contribution in [-0.2, 0) is 6.54 Å². The topological polar surface area (TPSA) is 12.0 Å². The molecule has 1 nitrogen and oxygen atoms in total. The Morgan fingerprint density at radius 1 is 1.05 bits per heavy atom. The molecule has 114 valence electrons. The van der Waals surface area contributed by atoms with Gasteiger partial charge < -0.3 is 5.32 Å². The quantitative estimate of drug-likeness (QED) is 0.791. The maximum atomic E-state index is 3.67. The van der Waals surface area contributed by atoms with Crippen molar-refractivity contribution < 1.29 is 0 Å². The average molecular weight is 291 g/mol. The van der Waals surface area contributed by atoms with Crippen LogP contribution >= 0.6 is 0 Å². The van der Waals surface area contributed by atoms with Gasteiger partial charge in [-0.15, -0.1) is 0 Å². The SMILES string of the molecule is CC1=C(c2ccc3ccccc3c2CNC(C)(C)C)CC=C1. The fourth-order valence-corrected chi connectivity index (χ4v) is 3.10. The second kappa shape index (κ2) is 5.73. The standard InChI is InChI=1S/C21H25N/c1-15-8-7-11-17(15)19-13-12-16-9-5-6-10-18(16)20(19)14-22-21(2,3)4/h5-10,12-13,22H,11,14H2,1-4H3. The Morgan fingerprint density at radius 2 is 1.82 bits per heavy atom. The number of fused-ring (bicyclic) bond motifs is 1. The van der Waals surface area contributed by atoms with Gasteiger partial charge >= 0.3 is 0 Å². The Labute approximate surface area is 133 Å². The van der Waals surface area contributed by atoms with E-state index in [-0.39, 0.29) is 5.54 Å². The fraction of sp³-hybridized carbons (Fsp3) is 0.333. The van der Waals surface area contributed by atoms with E-state index >= 15 is 0 Å². The normalized spacial score (nSPS) is 15.1. The van der Waals surface area contributed by atoms with Gasteiger partial charge in [0.2, 0.25) is 0 Å². The van der Waals surface area contributed by atoms with Gasteiger partial charge in [-0.3, -0.25) is 0 Å². The van der Waals surface area contributed by atoms with E-state index in [1.54, 1.807) is 0 Å². The molecule has 0 saturated carbocycles. The van der Waals surface area contributed by atoms with E-state index in [1.807, 2.05) is 0 Å². The molecule has 0 unspecified atom stereocenters. The monoisotopic (exact) mass is 291 g/mol. The van der Waals surface area contributed by atoms with Crippen LogP contribution in [0.3, 0.4) is 0 Å². The highest BCUT2D eigenvalue weighted by Gasteiger charge is 2.16. The molecule has 0 aromatic heterocycles. The molecule has 1 aliphatic rings. The zero-order valence-electron chi connectivity index (χ0n) is 14.0. The number of allylic oxidation sites excluding steroid dienone is 4. The molecule has 0 saturated heterocycles. The summed E-state index contributed by atoms with van der Waals surface area (Å²) in [4.78, 5) is 0. The molecular weight excluding hydrogens is 266 g/mol. The first-order chi connectivity index (χ1) is 10.5. The van der Waals surface area contributed by atoms with E-state index in [2.05, 4.69) is 81.6 Å². The van der Waals surface area contributed by atoms with E-state index in [1.165, 1.54) is 33.0 Å². The van der Waals surface area contributed by atoms with Crippen LogP contribution in [0.5, 0.6) is 0 Å². The summed E-state index contributed by atoms with van der Waals surface area (Å²) in [6.45, 7) is 9.78. The molecule has 1 heteroatoms. The number of benzene rings is 2. The zero-order valence-corrected chi connectivity index (χ0v) is 14.0. The van der Waals surface area contributed by atoms with Crippen LogP contribution in [0.4, 0.5) is 0 Å². The zero-order chi connectivity index (χ0) is 15.7. The van der Waals surface area contributed by atoms with Crippen LogP contribution in [-0.4, -0.2) is 5.54 Å². The second-order valence-electron chi connectivity index (χ2n) is 7.18. The fourth-order valence-electron chi connectivity index (χ4n) is 3.10. The van der Waals surface area contributed by atoms with Crippen LogP contribution in [0, 0.1) is 0 Å². The Bertz CT molecular complexity index is 757. The summed E-state index contributed by atoms with van der Waals surface area (Å²) >= 11 is 0. The van der Waals surface area contributed by atoms with E-state index in [4.69, 9.17) is 0 Å². The molecule has 3 rings (SSSR count). The lowest BCUT2D eigenvalue weighted by atomic mass is 9.91. The van der Waals surface area contributed by atoms with Gasteiger partial charge in [0, 0.05) is 12.1 Å². The summed E-state index contributed by atoms with van der Waals surface area (Å²) in [5.41, 5.74) is 5.80. The van der Waals surface area contributed by atoms with Crippen molar-refractivity contribution in [2.75, 3.05) is 0 Å². The Hall–Kier alpha value is -1.86. The van der Waals surface area contributed by atoms with E-state index in [0.29, 0.717) is 0 Å². The Morgan fingerprint density at radius 3 is 2.50 bits per heavy atom. The van der Waals surface area contributed by atoms with Gasteiger partial charge in [0.15, 0.2) is 0 Å². The molecule has 0 amide bonds. The third kappa shape index (κ3) is 3.00. The number of hydrogen-bond donors (Lipinski definition) is 1. The Kier molecular flexibility index (Phi) is 3.92.